The van der Waals surface area contributed by atoms with Gasteiger partial charge in [0.05, 0.1) is 11.4 Å². The molecular weight excluding hydrogens is 292 g/mol. The Morgan fingerprint density at radius 3 is 2.26 bits per heavy atom. The number of para-hydroxylation sites is 2. The molecule has 23 heavy (non-hydrogen) atoms. The minimum atomic E-state index is -0.522. The zero-order chi connectivity index (χ0) is 17.4. The Morgan fingerprint density at radius 1 is 1.22 bits per heavy atom. The van der Waals surface area contributed by atoms with E-state index in [1.54, 1.807) is 4.90 Å². The predicted molar refractivity (Wildman–Crippen MR) is 91.7 cm³/mol. The number of carbonyl (C=O) groups excluding carboxylic acids is 2. The molecule has 0 saturated carbocycles. The molecule has 1 heterocycles. The highest BCUT2D eigenvalue weighted by Gasteiger charge is 2.45. The summed E-state index contributed by atoms with van der Waals surface area (Å²) in [4.78, 5) is 29.2. The lowest BCUT2D eigenvalue weighted by molar-refractivity contribution is -0.128. The zero-order valence-corrected chi connectivity index (χ0v) is 14.8. The Balaban J connectivity index is 2.66. The van der Waals surface area contributed by atoms with Crippen LogP contribution in [0.1, 0.15) is 34.6 Å². The molecule has 0 aliphatic carbocycles. The maximum Gasteiger partial charge on any atom is 0.253 e. The van der Waals surface area contributed by atoms with Crippen molar-refractivity contribution in [3.63, 3.8) is 0 Å². The standard InChI is InChI=1S/C18H26N2O3/c1-12(2)16-17(22)20(18(3,4)5)14-10-8-7-9-13(14)19(16)15(21)11-23-6/h7-10,12,16H,11H2,1-6H3. The number of benzene rings is 1. The first-order valence-electron chi connectivity index (χ1n) is 7.94. The highest BCUT2D eigenvalue weighted by Crippen LogP contribution is 2.41. The van der Waals surface area contributed by atoms with Gasteiger partial charge in [0.25, 0.3) is 11.8 Å². The fourth-order valence-electron chi connectivity index (χ4n) is 3.13. The predicted octanol–water partition coefficient (Wildman–Crippen LogP) is 2.84. The second-order valence-corrected chi connectivity index (χ2v) is 7.22. The smallest absolute Gasteiger partial charge is 0.253 e. The molecule has 1 unspecified atom stereocenters. The van der Waals surface area contributed by atoms with Crippen LogP contribution in [0.25, 0.3) is 0 Å². The fraction of sp³-hybridized carbons (Fsp3) is 0.556. The SMILES string of the molecule is COCC(=O)N1c2ccccc2N(C(C)(C)C)C(=O)C1C(C)C. The van der Waals surface area contributed by atoms with Crippen molar-refractivity contribution in [2.75, 3.05) is 23.5 Å². The molecule has 2 amide bonds. The molecule has 1 aromatic rings. The van der Waals surface area contributed by atoms with Gasteiger partial charge in [0.15, 0.2) is 0 Å². The minimum Gasteiger partial charge on any atom is -0.375 e. The Labute approximate surface area is 138 Å². The van der Waals surface area contributed by atoms with Crippen LogP contribution in [0.5, 0.6) is 0 Å². The number of rotatable bonds is 3. The van der Waals surface area contributed by atoms with Gasteiger partial charge < -0.3 is 9.64 Å². The summed E-state index contributed by atoms with van der Waals surface area (Å²) in [5, 5.41) is 0. The normalized spacial score (nSPS) is 18.4. The van der Waals surface area contributed by atoms with E-state index in [-0.39, 0.29) is 29.9 Å². The lowest BCUT2D eigenvalue weighted by Gasteiger charge is -2.48. The van der Waals surface area contributed by atoms with Gasteiger partial charge in [-0.15, -0.1) is 0 Å². The van der Waals surface area contributed by atoms with Gasteiger partial charge in [-0.3, -0.25) is 14.5 Å². The number of amides is 2. The molecule has 1 aliphatic rings. The van der Waals surface area contributed by atoms with E-state index in [0.29, 0.717) is 0 Å². The van der Waals surface area contributed by atoms with Gasteiger partial charge in [-0.2, -0.15) is 0 Å². The maximum atomic E-state index is 13.2. The first-order valence-corrected chi connectivity index (χ1v) is 7.94. The molecule has 1 atom stereocenters. The van der Waals surface area contributed by atoms with Crippen molar-refractivity contribution in [1.82, 2.24) is 0 Å². The molecule has 2 rings (SSSR count). The Kier molecular flexibility index (Phi) is 4.80. The summed E-state index contributed by atoms with van der Waals surface area (Å²) in [7, 11) is 1.49. The quantitative estimate of drug-likeness (QED) is 0.861. The van der Waals surface area contributed by atoms with E-state index in [4.69, 9.17) is 4.74 Å². The number of methoxy groups -OCH3 is 1. The van der Waals surface area contributed by atoms with Crippen LogP contribution in [0, 0.1) is 5.92 Å². The number of fused-ring (bicyclic) bond motifs is 1. The Bertz CT molecular complexity index is 605. The molecule has 0 radical (unpaired) electrons. The van der Waals surface area contributed by atoms with E-state index >= 15 is 0 Å². The average molecular weight is 318 g/mol. The largest absolute Gasteiger partial charge is 0.375 e. The van der Waals surface area contributed by atoms with E-state index in [1.807, 2.05) is 63.8 Å². The molecule has 0 saturated heterocycles. The van der Waals surface area contributed by atoms with E-state index < -0.39 is 6.04 Å². The monoisotopic (exact) mass is 318 g/mol. The highest BCUT2D eigenvalue weighted by molar-refractivity contribution is 6.14. The summed E-state index contributed by atoms with van der Waals surface area (Å²) in [6.45, 7) is 9.90. The molecule has 0 spiro atoms. The second-order valence-electron chi connectivity index (χ2n) is 7.22. The molecule has 0 bridgehead atoms. The molecular formula is C18H26N2O3. The molecule has 5 nitrogen and oxygen atoms in total. The third-order valence-electron chi connectivity index (χ3n) is 3.97. The van der Waals surface area contributed by atoms with Gasteiger partial charge in [-0.1, -0.05) is 26.0 Å². The van der Waals surface area contributed by atoms with Crippen molar-refractivity contribution in [3.05, 3.63) is 24.3 Å². The second kappa shape index (κ2) is 6.32. The van der Waals surface area contributed by atoms with E-state index in [1.165, 1.54) is 7.11 Å². The summed E-state index contributed by atoms with van der Waals surface area (Å²) in [5.41, 5.74) is 1.17. The lowest BCUT2D eigenvalue weighted by atomic mass is 9.92. The summed E-state index contributed by atoms with van der Waals surface area (Å²) < 4.78 is 5.01. The number of ether oxygens (including phenoxy) is 1. The minimum absolute atomic E-state index is 0.00140. The Morgan fingerprint density at radius 2 is 1.78 bits per heavy atom. The Hall–Kier alpha value is -1.88. The fourth-order valence-corrected chi connectivity index (χ4v) is 3.13. The van der Waals surface area contributed by atoms with Crippen LogP contribution in [0.4, 0.5) is 11.4 Å². The number of hydrogen-bond donors (Lipinski definition) is 0. The van der Waals surface area contributed by atoms with Crippen LogP contribution >= 0.6 is 0 Å². The van der Waals surface area contributed by atoms with Crippen molar-refractivity contribution in [3.8, 4) is 0 Å². The van der Waals surface area contributed by atoms with E-state index in [9.17, 15) is 9.59 Å². The van der Waals surface area contributed by atoms with Crippen LogP contribution in [0.15, 0.2) is 24.3 Å². The summed E-state index contributed by atoms with van der Waals surface area (Å²) >= 11 is 0. The van der Waals surface area contributed by atoms with Gasteiger partial charge in [-0.25, -0.2) is 0 Å². The number of nitrogens with zero attached hydrogens (tertiary/aromatic N) is 2. The molecule has 0 N–H and O–H groups in total. The number of carbonyl (C=O) groups is 2. The highest BCUT2D eigenvalue weighted by atomic mass is 16.5. The van der Waals surface area contributed by atoms with Gasteiger partial charge in [0.2, 0.25) is 0 Å². The number of anilines is 2. The summed E-state index contributed by atoms with van der Waals surface area (Å²) in [5.74, 6) is -0.238. The topological polar surface area (TPSA) is 49.9 Å². The van der Waals surface area contributed by atoms with E-state index in [2.05, 4.69) is 0 Å². The van der Waals surface area contributed by atoms with Crippen LogP contribution in [-0.2, 0) is 14.3 Å². The van der Waals surface area contributed by atoms with Crippen molar-refractivity contribution >= 4 is 23.2 Å². The zero-order valence-electron chi connectivity index (χ0n) is 14.8. The number of hydrogen-bond acceptors (Lipinski definition) is 3. The average Bonchev–Trinajstić information content (AvgIpc) is 2.44. The van der Waals surface area contributed by atoms with Crippen LogP contribution in [0.2, 0.25) is 0 Å². The summed E-state index contributed by atoms with van der Waals surface area (Å²) in [6, 6.07) is 7.04. The molecule has 1 aliphatic heterocycles. The van der Waals surface area contributed by atoms with Gasteiger partial charge in [0, 0.05) is 12.6 Å². The van der Waals surface area contributed by atoms with Gasteiger partial charge >= 0.3 is 0 Å². The molecule has 0 fully saturated rings. The lowest BCUT2D eigenvalue weighted by Crippen LogP contribution is -2.62. The third-order valence-corrected chi connectivity index (χ3v) is 3.97. The van der Waals surface area contributed by atoms with Crippen LogP contribution in [0.3, 0.4) is 0 Å². The van der Waals surface area contributed by atoms with Crippen LogP contribution < -0.4 is 9.80 Å². The van der Waals surface area contributed by atoms with Gasteiger partial charge in [-0.05, 0) is 38.8 Å². The van der Waals surface area contributed by atoms with Crippen molar-refractivity contribution in [1.29, 1.82) is 0 Å². The van der Waals surface area contributed by atoms with E-state index in [0.717, 1.165) is 11.4 Å². The third kappa shape index (κ3) is 3.11. The van der Waals surface area contributed by atoms with Gasteiger partial charge in [0.1, 0.15) is 12.6 Å². The first kappa shape index (κ1) is 17.5. The van der Waals surface area contributed by atoms with Crippen molar-refractivity contribution in [2.24, 2.45) is 5.92 Å². The van der Waals surface area contributed by atoms with Crippen LogP contribution in [-0.4, -0.2) is 37.1 Å². The maximum absolute atomic E-state index is 13.2. The molecule has 5 heteroatoms. The van der Waals surface area contributed by atoms with Crippen molar-refractivity contribution < 1.29 is 14.3 Å². The first-order chi connectivity index (χ1) is 10.7. The molecule has 1 aromatic carbocycles. The molecule has 0 aromatic heterocycles. The van der Waals surface area contributed by atoms with Crippen molar-refractivity contribution in [2.45, 2.75) is 46.2 Å². The summed E-state index contributed by atoms with van der Waals surface area (Å²) in [6.07, 6.45) is 0. The molecule has 126 valence electrons.